The molecular weight excluding hydrogens is 230 g/mol. The average Bonchev–Trinajstić information content (AvgIpc) is 2.35. The Morgan fingerprint density at radius 2 is 1.89 bits per heavy atom. The zero-order valence-electron chi connectivity index (χ0n) is 10.3. The monoisotopic (exact) mass is 249 g/mol. The standard InChI is InChI=1S/C13H19N3O2/c14-8-4-7-11(13(15)18)16-12(17)9-10-5-2-1-3-6-10/h1-3,5-6,11H,4,7-9,14H2,(H2,15,18)(H,16,17). The summed E-state index contributed by atoms with van der Waals surface area (Å²) < 4.78 is 0. The van der Waals surface area contributed by atoms with Crippen LogP contribution in [0.15, 0.2) is 30.3 Å². The molecule has 5 nitrogen and oxygen atoms in total. The van der Waals surface area contributed by atoms with Crippen molar-refractivity contribution < 1.29 is 9.59 Å². The third-order valence-corrected chi connectivity index (χ3v) is 2.58. The first kappa shape index (κ1) is 14.2. The van der Waals surface area contributed by atoms with Crippen molar-refractivity contribution in [3.05, 3.63) is 35.9 Å². The number of carbonyl (C=O) groups excluding carboxylic acids is 2. The lowest BCUT2D eigenvalue weighted by molar-refractivity contribution is -0.127. The number of carbonyl (C=O) groups is 2. The molecule has 0 aliphatic carbocycles. The van der Waals surface area contributed by atoms with Gasteiger partial charge in [0.25, 0.3) is 0 Å². The molecule has 0 saturated carbocycles. The average molecular weight is 249 g/mol. The molecule has 0 fully saturated rings. The van der Waals surface area contributed by atoms with E-state index in [1.807, 2.05) is 30.3 Å². The first-order chi connectivity index (χ1) is 8.63. The van der Waals surface area contributed by atoms with Crippen molar-refractivity contribution in [3.8, 4) is 0 Å². The predicted molar refractivity (Wildman–Crippen MR) is 69.6 cm³/mol. The van der Waals surface area contributed by atoms with Crippen LogP contribution in [0.2, 0.25) is 0 Å². The van der Waals surface area contributed by atoms with Gasteiger partial charge in [-0.2, -0.15) is 0 Å². The van der Waals surface area contributed by atoms with E-state index < -0.39 is 11.9 Å². The Hall–Kier alpha value is -1.88. The molecule has 1 aromatic rings. The van der Waals surface area contributed by atoms with E-state index in [2.05, 4.69) is 5.32 Å². The third kappa shape index (κ3) is 4.97. The molecule has 0 aliphatic heterocycles. The van der Waals surface area contributed by atoms with Crippen LogP contribution in [0.5, 0.6) is 0 Å². The maximum Gasteiger partial charge on any atom is 0.240 e. The Kier molecular flexibility index (Phi) is 5.87. The van der Waals surface area contributed by atoms with E-state index in [-0.39, 0.29) is 12.3 Å². The molecule has 1 aromatic carbocycles. The molecule has 0 heterocycles. The summed E-state index contributed by atoms with van der Waals surface area (Å²) >= 11 is 0. The normalized spacial score (nSPS) is 11.8. The smallest absolute Gasteiger partial charge is 0.240 e. The van der Waals surface area contributed by atoms with Crippen LogP contribution in [-0.2, 0) is 16.0 Å². The molecule has 2 amide bonds. The second-order valence-electron chi connectivity index (χ2n) is 4.12. The number of benzene rings is 1. The van der Waals surface area contributed by atoms with Crippen LogP contribution < -0.4 is 16.8 Å². The summed E-state index contributed by atoms with van der Waals surface area (Å²) in [5, 5.41) is 2.63. The van der Waals surface area contributed by atoms with Gasteiger partial charge >= 0.3 is 0 Å². The van der Waals surface area contributed by atoms with Gasteiger partial charge in [0.05, 0.1) is 6.42 Å². The van der Waals surface area contributed by atoms with Gasteiger partial charge in [-0.15, -0.1) is 0 Å². The maximum absolute atomic E-state index is 11.7. The van der Waals surface area contributed by atoms with E-state index in [1.165, 1.54) is 0 Å². The summed E-state index contributed by atoms with van der Waals surface area (Å²) in [6.07, 6.45) is 1.37. The number of hydrogen-bond donors (Lipinski definition) is 3. The lowest BCUT2D eigenvalue weighted by Crippen LogP contribution is -2.45. The Labute approximate surface area is 107 Å². The molecule has 18 heavy (non-hydrogen) atoms. The molecule has 0 radical (unpaired) electrons. The number of nitrogens with two attached hydrogens (primary N) is 2. The summed E-state index contributed by atoms with van der Waals surface area (Å²) in [5.74, 6) is -0.730. The number of amides is 2. The van der Waals surface area contributed by atoms with Gasteiger partial charge < -0.3 is 16.8 Å². The fourth-order valence-corrected chi connectivity index (χ4v) is 1.63. The fraction of sp³-hybridized carbons (Fsp3) is 0.385. The van der Waals surface area contributed by atoms with E-state index in [1.54, 1.807) is 0 Å². The molecule has 0 spiro atoms. The molecule has 1 unspecified atom stereocenters. The van der Waals surface area contributed by atoms with Crippen molar-refractivity contribution in [2.24, 2.45) is 11.5 Å². The highest BCUT2D eigenvalue weighted by Crippen LogP contribution is 2.01. The summed E-state index contributed by atoms with van der Waals surface area (Å²) in [7, 11) is 0. The van der Waals surface area contributed by atoms with E-state index in [0.717, 1.165) is 5.56 Å². The quantitative estimate of drug-likeness (QED) is 0.631. The second-order valence-corrected chi connectivity index (χ2v) is 4.12. The molecule has 5 N–H and O–H groups in total. The molecule has 1 rings (SSSR count). The van der Waals surface area contributed by atoms with Crippen LogP contribution >= 0.6 is 0 Å². The molecule has 5 heteroatoms. The Bertz CT molecular complexity index is 392. The van der Waals surface area contributed by atoms with E-state index in [4.69, 9.17) is 11.5 Å². The second kappa shape index (κ2) is 7.45. The van der Waals surface area contributed by atoms with Crippen LogP contribution in [0.1, 0.15) is 18.4 Å². The summed E-state index contributed by atoms with van der Waals surface area (Å²) in [6.45, 7) is 0.471. The zero-order valence-corrected chi connectivity index (χ0v) is 10.3. The highest BCUT2D eigenvalue weighted by molar-refractivity contribution is 5.87. The van der Waals surface area contributed by atoms with Crippen LogP contribution in [0.3, 0.4) is 0 Å². The Balaban J connectivity index is 2.48. The van der Waals surface area contributed by atoms with Gasteiger partial charge in [-0.05, 0) is 24.9 Å². The molecule has 98 valence electrons. The van der Waals surface area contributed by atoms with Crippen LogP contribution in [-0.4, -0.2) is 24.4 Å². The van der Waals surface area contributed by atoms with Crippen molar-refractivity contribution in [3.63, 3.8) is 0 Å². The zero-order chi connectivity index (χ0) is 13.4. The van der Waals surface area contributed by atoms with Crippen molar-refractivity contribution in [1.82, 2.24) is 5.32 Å². The minimum Gasteiger partial charge on any atom is -0.368 e. The lowest BCUT2D eigenvalue weighted by atomic mass is 10.1. The Morgan fingerprint density at radius 1 is 1.22 bits per heavy atom. The van der Waals surface area contributed by atoms with Crippen molar-refractivity contribution >= 4 is 11.8 Å². The SMILES string of the molecule is NCCCC(NC(=O)Cc1ccccc1)C(N)=O. The third-order valence-electron chi connectivity index (χ3n) is 2.58. The topological polar surface area (TPSA) is 98.2 Å². The molecule has 0 saturated heterocycles. The molecule has 0 aromatic heterocycles. The highest BCUT2D eigenvalue weighted by atomic mass is 16.2. The van der Waals surface area contributed by atoms with Gasteiger partial charge in [0.1, 0.15) is 6.04 Å². The predicted octanol–water partition coefficient (Wildman–Crippen LogP) is -0.0619. The van der Waals surface area contributed by atoms with Gasteiger partial charge in [0.2, 0.25) is 11.8 Å². The van der Waals surface area contributed by atoms with Crippen LogP contribution in [0, 0.1) is 0 Å². The van der Waals surface area contributed by atoms with E-state index >= 15 is 0 Å². The lowest BCUT2D eigenvalue weighted by Gasteiger charge is -2.14. The molecule has 0 aliphatic rings. The van der Waals surface area contributed by atoms with Crippen molar-refractivity contribution in [1.29, 1.82) is 0 Å². The van der Waals surface area contributed by atoms with E-state index in [9.17, 15) is 9.59 Å². The molecule has 1 atom stereocenters. The van der Waals surface area contributed by atoms with Gasteiger partial charge in [0.15, 0.2) is 0 Å². The van der Waals surface area contributed by atoms with Gasteiger partial charge in [-0.3, -0.25) is 9.59 Å². The fourth-order valence-electron chi connectivity index (χ4n) is 1.63. The van der Waals surface area contributed by atoms with Crippen molar-refractivity contribution in [2.45, 2.75) is 25.3 Å². The minimum atomic E-state index is -0.634. The minimum absolute atomic E-state index is 0.206. The van der Waals surface area contributed by atoms with Gasteiger partial charge in [0, 0.05) is 0 Å². The highest BCUT2D eigenvalue weighted by Gasteiger charge is 2.17. The largest absolute Gasteiger partial charge is 0.368 e. The van der Waals surface area contributed by atoms with Gasteiger partial charge in [-0.1, -0.05) is 30.3 Å². The first-order valence-corrected chi connectivity index (χ1v) is 5.96. The molecule has 0 bridgehead atoms. The number of hydrogen-bond acceptors (Lipinski definition) is 3. The maximum atomic E-state index is 11.7. The van der Waals surface area contributed by atoms with E-state index in [0.29, 0.717) is 19.4 Å². The first-order valence-electron chi connectivity index (χ1n) is 5.96. The number of rotatable bonds is 7. The summed E-state index contributed by atoms with van der Waals surface area (Å²) in [5.41, 5.74) is 11.5. The number of primary amides is 1. The summed E-state index contributed by atoms with van der Waals surface area (Å²) in [4.78, 5) is 22.9. The molecular formula is C13H19N3O2. The van der Waals surface area contributed by atoms with Gasteiger partial charge in [-0.25, -0.2) is 0 Å². The van der Waals surface area contributed by atoms with Crippen molar-refractivity contribution in [2.75, 3.05) is 6.54 Å². The summed E-state index contributed by atoms with van der Waals surface area (Å²) in [6, 6.07) is 8.70. The number of nitrogens with one attached hydrogen (secondary N) is 1. The Morgan fingerprint density at radius 3 is 2.44 bits per heavy atom. The van der Waals surface area contributed by atoms with Crippen LogP contribution in [0.25, 0.3) is 0 Å². The van der Waals surface area contributed by atoms with Crippen LogP contribution in [0.4, 0.5) is 0 Å².